The first-order valence-electron chi connectivity index (χ1n) is 5.53. The molecule has 0 saturated carbocycles. The zero-order chi connectivity index (χ0) is 13.0. The van der Waals surface area contributed by atoms with Crippen molar-refractivity contribution in [1.82, 2.24) is 25.2 Å². The Morgan fingerprint density at radius 1 is 1.17 bits per heavy atom. The van der Waals surface area contributed by atoms with E-state index in [1.165, 1.54) is 18.6 Å². The lowest BCUT2D eigenvalue weighted by molar-refractivity contribution is 0.0659. The highest BCUT2D eigenvalue weighted by atomic mass is 16.2. The van der Waals surface area contributed by atoms with Crippen LogP contribution in [0.3, 0.4) is 0 Å². The molecule has 8 heteroatoms. The highest BCUT2D eigenvalue weighted by Crippen LogP contribution is 2.06. The van der Waals surface area contributed by atoms with Crippen LogP contribution in [0.15, 0.2) is 18.6 Å². The number of amides is 3. The second kappa shape index (κ2) is 5.41. The summed E-state index contributed by atoms with van der Waals surface area (Å²) in [5, 5.41) is 0. The van der Waals surface area contributed by atoms with Gasteiger partial charge in [-0.1, -0.05) is 0 Å². The summed E-state index contributed by atoms with van der Waals surface area (Å²) in [6.45, 7) is 1.83. The third kappa shape index (κ3) is 2.54. The summed E-state index contributed by atoms with van der Waals surface area (Å²) < 4.78 is 0. The van der Waals surface area contributed by atoms with E-state index in [1.54, 1.807) is 9.80 Å². The second-order valence-corrected chi connectivity index (χ2v) is 3.82. The van der Waals surface area contributed by atoms with E-state index in [0.717, 1.165) is 0 Å². The van der Waals surface area contributed by atoms with Gasteiger partial charge in [-0.05, 0) is 0 Å². The number of hydrogen-bond acceptors (Lipinski definition) is 5. The van der Waals surface area contributed by atoms with Gasteiger partial charge in [-0.2, -0.15) is 0 Å². The van der Waals surface area contributed by atoms with Gasteiger partial charge in [0.2, 0.25) is 0 Å². The van der Waals surface area contributed by atoms with Gasteiger partial charge in [0.1, 0.15) is 5.69 Å². The Hall–Kier alpha value is -2.22. The van der Waals surface area contributed by atoms with Gasteiger partial charge in [0.05, 0.1) is 6.20 Å². The molecule has 0 radical (unpaired) electrons. The topological polar surface area (TPSA) is 104 Å². The molecule has 0 atom stereocenters. The minimum atomic E-state index is -0.332. The number of carbonyl (C=O) groups excluding carboxylic acids is 2. The third-order valence-corrected chi connectivity index (χ3v) is 2.76. The molecular formula is C10H14N6O2. The Balaban J connectivity index is 1.94. The summed E-state index contributed by atoms with van der Waals surface area (Å²) in [4.78, 5) is 34.3. The summed E-state index contributed by atoms with van der Waals surface area (Å²) in [5.41, 5.74) is 2.39. The molecule has 1 aliphatic heterocycles. The van der Waals surface area contributed by atoms with Gasteiger partial charge < -0.3 is 9.80 Å². The fraction of sp³-hybridized carbons (Fsp3) is 0.400. The fourth-order valence-corrected chi connectivity index (χ4v) is 1.78. The van der Waals surface area contributed by atoms with E-state index in [4.69, 9.17) is 5.84 Å². The summed E-state index contributed by atoms with van der Waals surface area (Å²) in [7, 11) is 0. The van der Waals surface area contributed by atoms with Gasteiger partial charge in [-0.25, -0.2) is 15.6 Å². The van der Waals surface area contributed by atoms with Crippen molar-refractivity contribution in [2.75, 3.05) is 26.2 Å². The number of nitrogens with two attached hydrogens (primary N) is 1. The smallest absolute Gasteiger partial charge is 0.331 e. The van der Waals surface area contributed by atoms with Crippen molar-refractivity contribution in [3.05, 3.63) is 24.3 Å². The first-order chi connectivity index (χ1) is 8.72. The van der Waals surface area contributed by atoms with Crippen molar-refractivity contribution in [1.29, 1.82) is 0 Å². The molecule has 1 aromatic rings. The highest BCUT2D eigenvalue weighted by molar-refractivity contribution is 5.92. The van der Waals surface area contributed by atoms with Crippen LogP contribution in [-0.4, -0.2) is 57.9 Å². The van der Waals surface area contributed by atoms with E-state index in [1.807, 2.05) is 0 Å². The molecule has 1 aromatic heterocycles. The number of rotatable bonds is 1. The number of nitrogens with zero attached hydrogens (tertiary/aromatic N) is 4. The summed E-state index contributed by atoms with van der Waals surface area (Å²) in [5.74, 6) is 4.88. The molecule has 8 nitrogen and oxygen atoms in total. The van der Waals surface area contributed by atoms with Crippen LogP contribution in [0.4, 0.5) is 4.79 Å². The van der Waals surface area contributed by atoms with E-state index in [2.05, 4.69) is 15.4 Å². The lowest BCUT2D eigenvalue weighted by atomic mass is 10.3. The number of aromatic nitrogens is 2. The molecule has 96 valence electrons. The Morgan fingerprint density at radius 2 is 1.83 bits per heavy atom. The van der Waals surface area contributed by atoms with Crippen LogP contribution in [0.2, 0.25) is 0 Å². The van der Waals surface area contributed by atoms with Crippen molar-refractivity contribution in [3.63, 3.8) is 0 Å². The van der Waals surface area contributed by atoms with Gasteiger partial charge >= 0.3 is 6.03 Å². The van der Waals surface area contributed by atoms with E-state index >= 15 is 0 Å². The molecular weight excluding hydrogens is 236 g/mol. The molecule has 18 heavy (non-hydrogen) atoms. The lowest BCUT2D eigenvalue weighted by Crippen LogP contribution is -2.54. The van der Waals surface area contributed by atoms with Crippen molar-refractivity contribution in [3.8, 4) is 0 Å². The van der Waals surface area contributed by atoms with Gasteiger partial charge in [0.15, 0.2) is 0 Å². The zero-order valence-electron chi connectivity index (χ0n) is 9.74. The first-order valence-corrected chi connectivity index (χ1v) is 5.53. The minimum absolute atomic E-state index is 0.170. The average Bonchev–Trinajstić information content (AvgIpc) is 2.47. The summed E-state index contributed by atoms with van der Waals surface area (Å²) >= 11 is 0. The SMILES string of the molecule is NNC(=O)N1CCN(C(=O)c2cnccn2)CC1. The van der Waals surface area contributed by atoms with E-state index < -0.39 is 0 Å². The Labute approximate surface area is 104 Å². The van der Waals surface area contributed by atoms with Crippen LogP contribution < -0.4 is 11.3 Å². The number of hydrogen-bond donors (Lipinski definition) is 2. The molecule has 0 bridgehead atoms. The van der Waals surface area contributed by atoms with Crippen LogP contribution in [0.1, 0.15) is 10.5 Å². The fourth-order valence-electron chi connectivity index (χ4n) is 1.78. The summed E-state index contributed by atoms with van der Waals surface area (Å²) in [6, 6.07) is -0.332. The molecule has 1 saturated heterocycles. The zero-order valence-corrected chi connectivity index (χ0v) is 9.74. The van der Waals surface area contributed by atoms with Crippen LogP contribution in [0.25, 0.3) is 0 Å². The monoisotopic (exact) mass is 250 g/mol. The maximum atomic E-state index is 12.0. The maximum Gasteiger partial charge on any atom is 0.331 e. The van der Waals surface area contributed by atoms with Gasteiger partial charge in [-0.15, -0.1) is 0 Å². The quantitative estimate of drug-likeness (QED) is 0.371. The Kier molecular flexibility index (Phi) is 3.68. The van der Waals surface area contributed by atoms with Crippen LogP contribution in [-0.2, 0) is 0 Å². The van der Waals surface area contributed by atoms with E-state index in [9.17, 15) is 9.59 Å². The van der Waals surface area contributed by atoms with Crippen molar-refractivity contribution >= 4 is 11.9 Å². The van der Waals surface area contributed by atoms with Crippen molar-refractivity contribution < 1.29 is 9.59 Å². The third-order valence-electron chi connectivity index (χ3n) is 2.76. The molecule has 3 amide bonds. The predicted molar refractivity (Wildman–Crippen MR) is 62.2 cm³/mol. The van der Waals surface area contributed by atoms with Crippen molar-refractivity contribution in [2.45, 2.75) is 0 Å². The van der Waals surface area contributed by atoms with Gasteiger partial charge in [0, 0.05) is 38.6 Å². The van der Waals surface area contributed by atoms with Crippen molar-refractivity contribution in [2.24, 2.45) is 5.84 Å². The standard InChI is InChI=1S/C10H14N6O2/c11-14-10(18)16-5-3-15(4-6-16)9(17)8-7-12-1-2-13-8/h1-2,7H,3-6,11H2,(H,14,18). The van der Waals surface area contributed by atoms with Crippen LogP contribution in [0, 0.1) is 0 Å². The largest absolute Gasteiger partial charge is 0.334 e. The molecule has 2 heterocycles. The number of hydrazine groups is 1. The van der Waals surface area contributed by atoms with Crippen LogP contribution in [0.5, 0.6) is 0 Å². The maximum absolute atomic E-state index is 12.0. The molecule has 1 fully saturated rings. The summed E-state index contributed by atoms with van der Waals surface area (Å²) in [6.07, 6.45) is 4.42. The predicted octanol–water partition coefficient (Wildman–Crippen LogP) is -1.18. The van der Waals surface area contributed by atoms with Gasteiger partial charge in [-0.3, -0.25) is 15.2 Å². The lowest BCUT2D eigenvalue weighted by Gasteiger charge is -2.34. The normalized spacial score (nSPS) is 15.4. The number of urea groups is 1. The molecule has 0 aliphatic carbocycles. The number of carbonyl (C=O) groups is 2. The molecule has 1 aliphatic rings. The Morgan fingerprint density at radius 3 is 2.39 bits per heavy atom. The molecule has 0 aromatic carbocycles. The Bertz CT molecular complexity index is 429. The average molecular weight is 250 g/mol. The number of piperazine rings is 1. The highest BCUT2D eigenvalue weighted by Gasteiger charge is 2.24. The minimum Gasteiger partial charge on any atom is -0.334 e. The molecule has 0 spiro atoms. The number of nitrogens with one attached hydrogen (secondary N) is 1. The second-order valence-electron chi connectivity index (χ2n) is 3.82. The molecule has 0 unspecified atom stereocenters. The van der Waals surface area contributed by atoms with Crippen LogP contribution >= 0.6 is 0 Å². The van der Waals surface area contributed by atoms with Gasteiger partial charge in [0.25, 0.3) is 5.91 Å². The molecule has 3 N–H and O–H groups in total. The first kappa shape index (κ1) is 12.2. The van der Waals surface area contributed by atoms with E-state index in [0.29, 0.717) is 31.9 Å². The molecule has 2 rings (SSSR count). The van der Waals surface area contributed by atoms with E-state index in [-0.39, 0.29) is 11.9 Å².